The molecule has 32 heavy (non-hydrogen) atoms. The second kappa shape index (κ2) is 9.28. The Balaban J connectivity index is 1.29. The van der Waals surface area contributed by atoms with Crippen LogP contribution >= 0.6 is 0 Å². The van der Waals surface area contributed by atoms with E-state index in [2.05, 4.69) is 44.4 Å². The quantitative estimate of drug-likeness (QED) is 0.668. The Morgan fingerprint density at radius 3 is 2.53 bits per heavy atom. The van der Waals surface area contributed by atoms with Gasteiger partial charge in [-0.05, 0) is 55.0 Å². The molecule has 0 unspecified atom stereocenters. The van der Waals surface area contributed by atoms with E-state index in [0.717, 1.165) is 74.2 Å². The molecule has 7 heteroatoms. The number of aromatic nitrogens is 2. The van der Waals surface area contributed by atoms with Gasteiger partial charge in [0, 0.05) is 55.7 Å². The van der Waals surface area contributed by atoms with Gasteiger partial charge in [-0.1, -0.05) is 12.8 Å². The molecule has 7 nitrogen and oxygen atoms in total. The van der Waals surface area contributed by atoms with E-state index >= 15 is 0 Å². The summed E-state index contributed by atoms with van der Waals surface area (Å²) in [6.07, 6.45) is 9.11. The summed E-state index contributed by atoms with van der Waals surface area (Å²) in [5.74, 6) is 1.51. The van der Waals surface area contributed by atoms with Crippen LogP contribution in [0.4, 0.5) is 17.3 Å². The van der Waals surface area contributed by atoms with E-state index in [4.69, 9.17) is 4.98 Å². The molecule has 2 aromatic rings. The minimum absolute atomic E-state index is 0.420. The largest absolute Gasteiger partial charge is 0.512 e. The van der Waals surface area contributed by atoms with Crippen LogP contribution in [0.25, 0.3) is 5.57 Å². The van der Waals surface area contributed by atoms with E-state index in [0.29, 0.717) is 30.6 Å². The number of allylic oxidation sites excluding steroid dienone is 2. The zero-order valence-electron chi connectivity index (χ0n) is 18.5. The fourth-order valence-corrected chi connectivity index (χ4v) is 5.23. The maximum Gasteiger partial charge on any atom is 0.227 e. The second-order valence-electron chi connectivity index (χ2n) is 9.04. The maximum absolute atomic E-state index is 10.7. The number of rotatable bonds is 6. The Bertz CT molecular complexity index is 990. The molecule has 0 spiro atoms. The number of aryl methyl sites for hydroxylation is 1. The topological polar surface area (TPSA) is 81.6 Å². The molecule has 2 heterocycles. The summed E-state index contributed by atoms with van der Waals surface area (Å²) in [4.78, 5) is 24.6. The van der Waals surface area contributed by atoms with Crippen LogP contribution in [0.2, 0.25) is 0 Å². The first-order valence-corrected chi connectivity index (χ1v) is 11.8. The van der Waals surface area contributed by atoms with Gasteiger partial charge in [-0.25, -0.2) is 9.97 Å². The Morgan fingerprint density at radius 1 is 1.06 bits per heavy atom. The van der Waals surface area contributed by atoms with E-state index in [1.165, 1.54) is 18.5 Å². The summed E-state index contributed by atoms with van der Waals surface area (Å²) in [5.41, 5.74) is 5.25. The van der Waals surface area contributed by atoms with E-state index in [1.54, 1.807) is 0 Å². The molecule has 0 bridgehead atoms. The Hall–Kier alpha value is -2.93. The molecule has 1 saturated carbocycles. The molecule has 5 rings (SSSR count). The molecule has 168 valence electrons. The normalized spacial score (nSPS) is 19.8. The van der Waals surface area contributed by atoms with Crippen molar-refractivity contribution in [1.29, 1.82) is 0 Å². The van der Waals surface area contributed by atoms with Crippen molar-refractivity contribution in [3.05, 3.63) is 47.5 Å². The van der Waals surface area contributed by atoms with Crippen LogP contribution in [-0.4, -0.2) is 59.0 Å². The number of hydrogen-bond donors (Lipinski definition) is 2. The lowest BCUT2D eigenvalue weighted by Gasteiger charge is -2.35. The number of benzene rings is 1. The van der Waals surface area contributed by atoms with Gasteiger partial charge in [0.25, 0.3) is 0 Å². The van der Waals surface area contributed by atoms with E-state index in [9.17, 15) is 9.90 Å². The molecule has 0 radical (unpaired) electrons. The first-order chi connectivity index (χ1) is 15.7. The Labute approximate surface area is 189 Å². The van der Waals surface area contributed by atoms with Crippen LogP contribution in [0.1, 0.15) is 43.4 Å². The zero-order chi connectivity index (χ0) is 21.9. The molecule has 1 aromatic carbocycles. The number of fused-ring (bicyclic) bond motifs is 1. The molecule has 3 aliphatic rings. The predicted molar refractivity (Wildman–Crippen MR) is 126 cm³/mol. The number of carbonyl (C=O) groups is 1. The van der Waals surface area contributed by atoms with Gasteiger partial charge >= 0.3 is 0 Å². The van der Waals surface area contributed by atoms with E-state index in [1.807, 2.05) is 6.20 Å². The number of nitrogens with zero attached hydrogens (tertiary/aromatic N) is 4. The summed E-state index contributed by atoms with van der Waals surface area (Å²) in [5, 5.41) is 14.0. The monoisotopic (exact) mass is 433 g/mol. The molecule has 1 saturated heterocycles. The van der Waals surface area contributed by atoms with E-state index in [-0.39, 0.29) is 0 Å². The number of nitrogens with one attached hydrogen (secondary N) is 1. The number of aliphatic hydroxyl groups is 1. The van der Waals surface area contributed by atoms with Gasteiger partial charge in [-0.3, -0.25) is 4.90 Å². The third-order valence-electron chi connectivity index (χ3n) is 7.02. The van der Waals surface area contributed by atoms with Crippen molar-refractivity contribution in [2.24, 2.45) is 5.92 Å². The number of carbonyl (C=O) groups excluding carboxylic acids is 1. The third-order valence-corrected chi connectivity index (χ3v) is 7.02. The minimum atomic E-state index is 0.420. The van der Waals surface area contributed by atoms with Crippen LogP contribution < -0.4 is 10.2 Å². The smallest absolute Gasteiger partial charge is 0.227 e. The van der Waals surface area contributed by atoms with Crippen LogP contribution in [0, 0.1) is 5.92 Å². The van der Waals surface area contributed by atoms with Gasteiger partial charge in [-0.15, -0.1) is 0 Å². The van der Waals surface area contributed by atoms with Crippen molar-refractivity contribution >= 4 is 29.2 Å². The lowest BCUT2D eigenvalue weighted by molar-refractivity contribution is -0.108. The summed E-state index contributed by atoms with van der Waals surface area (Å²) >= 11 is 0. The Kier molecular flexibility index (Phi) is 6.08. The van der Waals surface area contributed by atoms with Crippen molar-refractivity contribution in [3.63, 3.8) is 0 Å². The SMILES string of the molecule is O=CCN1CCN(c2ccc(Nc3ncc4c(n3)C(C3CCCC3)=C(O)CC4)cc2)CC1. The summed E-state index contributed by atoms with van der Waals surface area (Å²) in [6, 6.07) is 8.35. The van der Waals surface area contributed by atoms with Crippen molar-refractivity contribution in [2.75, 3.05) is 42.9 Å². The molecule has 2 N–H and O–H groups in total. The Morgan fingerprint density at radius 2 is 1.81 bits per heavy atom. The van der Waals surface area contributed by atoms with Gasteiger partial charge in [0.15, 0.2) is 0 Å². The molecule has 1 aliphatic heterocycles. The lowest BCUT2D eigenvalue weighted by Crippen LogP contribution is -2.46. The number of piperazine rings is 1. The van der Waals surface area contributed by atoms with Crippen molar-refractivity contribution in [1.82, 2.24) is 14.9 Å². The number of hydrogen-bond acceptors (Lipinski definition) is 7. The summed E-state index contributed by atoms with van der Waals surface area (Å²) in [6.45, 7) is 4.19. The highest BCUT2D eigenvalue weighted by molar-refractivity contribution is 5.72. The highest BCUT2D eigenvalue weighted by Gasteiger charge is 2.29. The van der Waals surface area contributed by atoms with Crippen molar-refractivity contribution in [2.45, 2.75) is 38.5 Å². The van der Waals surface area contributed by atoms with Crippen LogP contribution in [-0.2, 0) is 11.2 Å². The molecule has 0 atom stereocenters. The van der Waals surface area contributed by atoms with Crippen molar-refractivity contribution in [3.8, 4) is 0 Å². The molecule has 1 aromatic heterocycles. The predicted octanol–water partition coefficient (Wildman–Crippen LogP) is 3.95. The van der Waals surface area contributed by atoms with Crippen LogP contribution in [0.15, 0.2) is 36.2 Å². The minimum Gasteiger partial charge on any atom is -0.512 e. The van der Waals surface area contributed by atoms with Crippen LogP contribution in [0.5, 0.6) is 0 Å². The number of aliphatic hydroxyl groups excluding tert-OH is 1. The third kappa shape index (κ3) is 4.35. The molecule has 2 aliphatic carbocycles. The second-order valence-corrected chi connectivity index (χ2v) is 9.04. The van der Waals surface area contributed by atoms with Gasteiger partial charge in [-0.2, -0.15) is 0 Å². The van der Waals surface area contributed by atoms with Crippen molar-refractivity contribution < 1.29 is 9.90 Å². The highest BCUT2D eigenvalue weighted by Crippen LogP contribution is 2.42. The maximum atomic E-state index is 10.7. The number of aldehydes is 1. The van der Waals surface area contributed by atoms with Gasteiger partial charge in [0.2, 0.25) is 5.95 Å². The fraction of sp³-hybridized carbons (Fsp3) is 0.480. The average Bonchev–Trinajstić information content (AvgIpc) is 3.35. The lowest BCUT2D eigenvalue weighted by atomic mass is 9.85. The molecular weight excluding hydrogens is 402 g/mol. The fourth-order valence-electron chi connectivity index (χ4n) is 5.23. The summed E-state index contributed by atoms with van der Waals surface area (Å²) < 4.78 is 0. The standard InChI is InChI=1S/C25H31N5O2/c31-16-15-29-11-13-30(14-12-29)21-8-6-20(7-9-21)27-25-26-17-19-5-10-22(32)23(24(19)28-25)18-3-1-2-4-18/h6-9,16-18,32H,1-5,10-15H2,(H,26,27,28). The van der Waals surface area contributed by atoms with E-state index < -0.39 is 0 Å². The zero-order valence-corrected chi connectivity index (χ0v) is 18.5. The number of anilines is 3. The van der Waals surface area contributed by atoms with Crippen LogP contribution in [0.3, 0.4) is 0 Å². The first-order valence-electron chi connectivity index (χ1n) is 11.8. The first kappa shape index (κ1) is 20.9. The summed E-state index contributed by atoms with van der Waals surface area (Å²) in [7, 11) is 0. The van der Waals surface area contributed by atoms with Gasteiger partial charge in [0.1, 0.15) is 6.29 Å². The molecule has 0 amide bonds. The molecular formula is C25H31N5O2. The van der Waals surface area contributed by atoms with Gasteiger partial charge < -0.3 is 20.1 Å². The highest BCUT2D eigenvalue weighted by atomic mass is 16.3. The van der Waals surface area contributed by atoms with Gasteiger partial charge in [0.05, 0.1) is 18.0 Å². The molecule has 2 fully saturated rings. The average molecular weight is 434 g/mol.